The van der Waals surface area contributed by atoms with E-state index in [2.05, 4.69) is 14.5 Å². The molecular formula is C2H8NP. The Hall–Kier alpha value is 0.390. The lowest BCUT2D eigenvalue weighted by Gasteiger charge is -1.75. The van der Waals surface area contributed by atoms with Gasteiger partial charge in [0.25, 0.3) is 0 Å². The smallest absolute Gasteiger partial charge is 0.00429 e. The van der Waals surface area contributed by atoms with E-state index in [1.165, 1.54) is 0 Å². The third-order valence-corrected chi connectivity index (χ3v) is 0.612. The van der Waals surface area contributed by atoms with Crippen molar-refractivity contribution in [3.8, 4) is 0 Å². The minimum Gasteiger partial charge on any atom is -0.301 e. The van der Waals surface area contributed by atoms with Gasteiger partial charge in [-0.05, 0) is 6.54 Å². The lowest BCUT2D eigenvalue weighted by molar-refractivity contribution is 1.04. The zero-order valence-electron chi connectivity index (χ0n) is 2.78. The molecule has 4 heavy (non-hydrogen) atoms. The molecule has 2 heteroatoms. The molecule has 0 aliphatic rings. The van der Waals surface area contributed by atoms with Crippen LogP contribution in [0.25, 0.3) is 0 Å². The van der Waals surface area contributed by atoms with Crippen molar-refractivity contribution < 1.29 is 0 Å². The summed E-state index contributed by atoms with van der Waals surface area (Å²) < 4.78 is 0. The fraction of sp³-hybridized carbons (Fsp3) is 1.00. The fourth-order valence-corrected chi connectivity index (χ4v) is 0. The Kier molecular flexibility index (Phi) is 3.72. The maximum atomic E-state index is 2.85. The SMILES string of the molecule is CCNP. The van der Waals surface area contributed by atoms with Crippen LogP contribution in [0.2, 0.25) is 0 Å². The first-order valence-electron chi connectivity index (χ1n) is 1.35. The van der Waals surface area contributed by atoms with E-state index in [1.54, 1.807) is 0 Å². The molecule has 0 aliphatic heterocycles. The second kappa shape index (κ2) is 3.39. The largest absolute Gasteiger partial charge is 0.301 e. The van der Waals surface area contributed by atoms with Crippen molar-refractivity contribution in [2.45, 2.75) is 6.92 Å². The van der Waals surface area contributed by atoms with Crippen molar-refractivity contribution in [3.63, 3.8) is 0 Å². The van der Waals surface area contributed by atoms with E-state index in [9.17, 15) is 0 Å². The molecule has 0 aromatic heterocycles. The average molecular weight is 77.1 g/mol. The van der Waals surface area contributed by atoms with Crippen molar-refractivity contribution >= 4 is 9.39 Å². The lowest BCUT2D eigenvalue weighted by Crippen LogP contribution is -1.90. The highest BCUT2D eigenvalue weighted by Crippen LogP contribution is 1.59. The molecular weight excluding hydrogens is 69.0 g/mol. The zero-order valence-corrected chi connectivity index (χ0v) is 3.94. The first-order chi connectivity index (χ1) is 1.91. The monoisotopic (exact) mass is 77.0 g/mol. The molecule has 1 N–H and O–H groups in total. The Morgan fingerprint density at radius 3 is 2.25 bits per heavy atom. The number of nitrogens with one attached hydrogen (secondary N) is 1. The number of hydrogen-bond donors (Lipinski definition) is 1. The Morgan fingerprint density at radius 2 is 2.25 bits per heavy atom. The highest BCUT2D eigenvalue weighted by Gasteiger charge is 1.50. The van der Waals surface area contributed by atoms with Gasteiger partial charge in [0.1, 0.15) is 0 Å². The second-order valence-electron chi connectivity index (χ2n) is 0.558. The van der Waals surface area contributed by atoms with E-state index >= 15 is 0 Å². The molecule has 0 aromatic carbocycles. The standard InChI is InChI=1S/C2H8NP/c1-2-3-4/h3H,2,4H2,1H3. The third kappa shape index (κ3) is 2.39. The van der Waals surface area contributed by atoms with E-state index in [0.717, 1.165) is 6.54 Å². The Bertz CT molecular complexity index is 8.00. The molecule has 1 atom stereocenters. The predicted molar refractivity (Wildman–Crippen MR) is 23.4 cm³/mol. The van der Waals surface area contributed by atoms with Gasteiger partial charge in [-0.15, -0.1) is 0 Å². The quantitative estimate of drug-likeness (QED) is 0.446. The van der Waals surface area contributed by atoms with Crippen molar-refractivity contribution in [2.24, 2.45) is 0 Å². The van der Waals surface area contributed by atoms with E-state index in [4.69, 9.17) is 0 Å². The third-order valence-electron chi connectivity index (χ3n) is 0.204. The van der Waals surface area contributed by atoms with Crippen LogP contribution >= 0.6 is 9.39 Å². The summed E-state index contributed by atoms with van der Waals surface area (Å²) in [4.78, 5) is 0. The van der Waals surface area contributed by atoms with Crippen LogP contribution in [0.4, 0.5) is 0 Å². The summed E-state index contributed by atoms with van der Waals surface area (Å²) >= 11 is 0. The van der Waals surface area contributed by atoms with Crippen molar-refractivity contribution in [1.82, 2.24) is 5.09 Å². The van der Waals surface area contributed by atoms with Gasteiger partial charge in [-0.2, -0.15) is 0 Å². The van der Waals surface area contributed by atoms with Gasteiger partial charge in [-0.3, -0.25) is 0 Å². The summed E-state index contributed by atoms with van der Waals surface area (Å²) in [5, 5.41) is 2.85. The van der Waals surface area contributed by atoms with Crippen LogP contribution in [0.15, 0.2) is 0 Å². The van der Waals surface area contributed by atoms with Crippen molar-refractivity contribution in [3.05, 3.63) is 0 Å². The van der Waals surface area contributed by atoms with Crippen LogP contribution in [0.5, 0.6) is 0 Å². The van der Waals surface area contributed by atoms with E-state index in [1.807, 2.05) is 6.92 Å². The topological polar surface area (TPSA) is 12.0 Å². The van der Waals surface area contributed by atoms with Crippen LogP contribution in [0, 0.1) is 0 Å². The Balaban J connectivity index is 1.97. The summed E-state index contributed by atoms with van der Waals surface area (Å²) in [5.74, 6) is 0. The van der Waals surface area contributed by atoms with Gasteiger partial charge in [-0.1, -0.05) is 16.3 Å². The number of hydrogen-bond acceptors (Lipinski definition) is 1. The number of rotatable bonds is 1. The Labute approximate surface area is 29.0 Å². The molecule has 0 amide bonds. The molecule has 0 spiro atoms. The maximum absolute atomic E-state index is 2.85. The summed E-state index contributed by atoms with van der Waals surface area (Å²) in [6, 6.07) is 0. The highest BCUT2D eigenvalue weighted by atomic mass is 31.0. The maximum Gasteiger partial charge on any atom is -0.00429 e. The molecule has 0 aliphatic carbocycles. The normalized spacial score (nSPS) is 7.50. The molecule has 0 fully saturated rings. The van der Waals surface area contributed by atoms with Gasteiger partial charge in [-0.25, -0.2) is 0 Å². The van der Waals surface area contributed by atoms with Gasteiger partial charge in [0.15, 0.2) is 0 Å². The van der Waals surface area contributed by atoms with Gasteiger partial charge in [0, 0.05) is 0 Å². The first-order valence-corrected chi connectivity index (χ1v) is 1.93. The van der Waals surface area contributed by atoms with Gasteiger partial charge in [0.05, 0.1) is 0 Å². The molecule has 0 rings (SSSR count). The highest BCUT2D eigenvalue weighted by molar-refractivity contribution is 7.13. The molecule has 0 radical (unpaired) electrons. The van der Waals surface area contributed by atoms with E-state index in [-0.39, 0.29) is 0 Å². The lowest BCUT2D eigenvalue weighted by atomic mass is 10.8. The minimum atomic E-state index is 1.03. The van der Waals surface area contributed by atoms with E-state index in [0.29, 0.717) is 0 Å². The molecule has 0 aromatic rings. The van der Waals surface area contributed by atoms with Gasteiger partial charge < -0.3 is 5.09 Å². The average Bonchev–Trinajstić information content (AvgIpc) is 1.37. The van der Waals surface area contributed by atoms with Crippen LogP contribution in [0.3, 0.4) is 0 Å². The van der Waals surface area contributed by atoms with Crippen LogP contribution < -0.4 is 5.09 Å². The predicted octanol–water partition coefficient (Wildman–Crippen LogP) is 0.386. The summed E-state index contributed by atoms with van der Waals surface area (Å²) in [7, 11) is 2.41. The zero-order chi connectivity index (χ0) is 3.41. The van der Waals surface area contributed by atoms with Crippen LogP contribution in [-0.2, 0) is 0 Å². The molecule has 0 heterocycles. The fourth-order valence-electron chi connectivity index (χ4n) is 0. The molecule has 26 valence electrons. The Morgan fingerprint density at radius 1 is 2.00 bits per heavy atom. The summed E-state index contributed by atoms with van der Waals surface area (Å²) in [6.45, 7) is 3.08. The van der Waals surface area contributed by atoms with E-state index < -0.39 is 0 Å². The first kappa shape index (κ1) is 4.39. The van der Waals surface area contributed by atoms with Crippen molar-refractivity contribution in [1.29, 1.82) is 0 Å². The van der Waals surface area contributed by atoms with Crippen LogP contribution in [-0.4, -0.2) is 6.54 Å². The van der Waals surface area contributed by atoms with Crippen LogP contribution in [0.1, 0.15) is 6.92 Å². The minimum absolute atomic E-state index is 1.03. The molecule has 0 bridgehead atoms. The molecule has 1 unspecified atom stereocenters. The molecule has 1 nitrogen and oxygen atoms in total. The van der Waals surface area contributed by atoms with Crippen molar-refractivity contribution in [2.75, 3.05) is 6.54 Å². The van der Waals surface area contributed by atoms with Gasteiger partial charge >= 0.3 is 0 Å². The molecule has 0 saturated heterocycles. The summed E-state index contributed by atoms with van der Waals surface area (Å²) in [6.07, 6.45) is 0. The van der Waals surface area contributed by atoms with Gasteiger partial charge in [0.2, 0.25) is 0 Å². The second-order valence-corrected chi connectivity index (χ2v) is 0.966. The molecule has 0 saturated carbocycles. The summed E-state index contributed by atoms with van der Waals surface area (Å²) in [5.41, 5.74) is 0.